The lowest BCUT2D eigenvalue weighted by Gasteiger charge is -2.14. The summed E-state index contributed by atoms with van der Waals surface area (Å²) >= 11 is 0. The van der Waals surface area contributed by atoms with E-state index in [-0.39, 0.29) is 6.61 Å². The summed E-state index contributed by atoms with van der Waals surface area (Å²) in [6.45, 7) is 1.86. The number of hydrogen-bond donors (Lipinski definition) is 0. The third-order valence-corrected chi connectivity index (χ3v) is 2.31. The molecule has 0 heterocycles. The van der Waals surface area contributed by atoms with Gasteiger partial charge in [0, 0.05) is 0 Å². The number of nitrogens with zero attached hydrogens (tertiary/aromatic N) is 2. The van der Waals surface area contributed by atoms with Gasteiger partial charge < -0.3 is 4.74 Å². The van der Waals surface area contributed by atoms with Crippen LogP contribution in [-0.2, 0) is 9.53 Å². The van der Waals surface area contributed by atoms with Gasteiger partial charge in [-0.25, -0.2) is 0 Å². The average Bonchev–Trinajstić information content (AvgIpc) is 2.37. The molecule has 0 aliphatic heterocycles. The van der Waals surface area contributed by atoms with Crippen LogP contribution in [-0.4, -0.2) is 12.6 Å². The van der Waals surface area contributed by atoms with Crippen molar-refractivity contribution in [1.82, 2.24) is 0 Å². The molecule has 0 unspecified atom stereocenters. The van der Waals surface area contributed by atoms with E-state index in [2.05, 4.69) is 0 Å². The molecule has 1 aromatic carbocycles. The molecule has 1 rings (SSSR count). The van der Waals surface area contributed by atoms with E-state index in [1.165, 1.54) is 0 Å². The lowest BCUT2D eigenvalue weighted by molar-refractivity contribution is -0.146. The van der Waals surface area contributed by atoms with Crippen molar-refractivity contribution in [2.24, 2.45) is 5.92 Å². The van der Waals surface area contributed by atoms with Crippen molar-refractivity contribution in [3.05, 3.63) is 35.9 Å². The highest BCUT2D eigenvalue weighted by Crippen LogP contribution is 2.24. The summed E-state index contributed by atoms with van der Waals surface area (Å²) in [7, 11) is 0. The second-order valence-corrected chi connectivity index (χ2v) is 3.38. The van der Waals surface area contributed by atoms with Gasteiger partial charge in [-0.2, -0.15) is 10.5 Å². The Kier molecular flexibility index (Phi) is 4.72. The molecular weight excluding hydrogens is 216 g/mol. The van der Waals surface area contributed by atoms with E-state index >= 15 is 0 Å². The first-order valence-corrected chi connectivity index (χ1v) is 5.25. The van der Waals surface area contributed by atoms with Gasteiger partial charge in [-0.15, -0.1) is 0 Å². The van der Waals surface area contributed by atoms with E-state index in [1.807, 2.05) is 18.2 Å². The first-order chi connectivity index (χ1) is 8.24. The lowest BCUT2D eigenvalue weighted by atomic mass is 9.88. The molecule has 0 saturated carbocycles. The van der Waals surface area contributed by atoms with Crippen molar-refractivity contribution in [2.45, 2.75) is 12.8 Å². The highest BCUT2D eigenvalue weighted by Gasteiger charge is 2.30. The number of carbonyl (C=O) groups excluding carboxylic acids is 1. The zero-order valence-corrected chi connectivity index (χ0v) is 9.46. The number of esters is 1. The average molecular weight is 228 g/mol. The Labute approximate surface area is 100 Å². The fourth-order valence-electron chi connectivity index (χ4n) is 1.50. The first kappa shape index (κ1) is 12.7. The summed E-state index contributed by atoms with van der Waals surface area (Å²) < 4.78 is 4.79. The van der Waals surface area contributed by atoms with Crippen LogP contribution in [0.3, 0.4) is 0 Å². The number of hydrogen-bond acceptors (Lipinski definition) is 4. The summed E-state index contributed by atoms with van der Waals surface area (Å²) in [5, 5.41) is 18.1. The molecule has 0 aromatic heterocycles. The smallest absolute Gasteiger partial charge is 0.325 e. The lowest BCUT2D eigenvalue weighted by Crippen LogP contribution is -2.22. The molecule has 0 saturated heterocycles. The molecular formula is C13H12N2O2. The topological polar surface area (TPSA) is 73.9 Å². The quantitative estimate of drug-likeness (QED) is 0.738. The summed E-state index contributed by atoms with van der Waals surface area (Å²) in [6, 6.07) is 12.6. The molecule has 2 atom stereocenters. The van der Waals surface area contributed by atoms with Crippen molar-refractivity contribution < 1.29 is 9.53 Å². The molecule has 0 aliphatic carbocycles. The van der Waals surface area contributed by atoms with Gasteiger partial charge in [0.25, 0.3) is 0 Å². The molecule has 17 heavy (non-hydrogen) atoms. The van der Waals surface area contributed by atoms with Crippen LogP contribution in [0.2, 0.25) is 0 Å². The van der Waals surface area contributed by atoms with Crippen LogP contribution in [0, 0.1) is 28.6 Å². The van der Waals surface area contributed by atoms with E-state index in [0.717, 1.165) is 0 Å². The van der Waals surface area contributed by atoms with Gasteiger partial charge >= 0.3 is 5.97 Å². The summed E-state index contributed by atoms with van der Waals surface area (Å²) in [4.78, 5) is 11.6. The summed E-state index contributed by atoms with van der Waals surface area (Å²) in [6.07, 6.45) is 0. The number of nitriles is 2. The van der Waals surface area contributed by atoms with Crippen molar-refractivity contribution in [3.63, 3.8) is 0 Å². The molecule has 0 amide bonds. The Morgan fingerprint density at radius 1 is 1.29 bits per heavy atom. The Morgan fingerprint density at radius 3 is 2.41 bits per heavy atom. The summed E-state index contributed by atoms with van der Waals surface area (Å²) in [5.74, 6) is -2.52. The zero-order valence-electron chi connectivity index (χ0n) is 9.46. The van der Waals surface area contributed by atoms with E-state index in [1.54, 1.807) is 31.2 Å². The summed E-state index contributed by atoms with van der Waals surface area (Å²) in [5.41, 5.74) is 0.648. The van der Waals surface area contributed by atoms with Gasteiger partial charge in [-0.05, 0) is 12.5 Å². The van der Waals surface area contributed by atoms with Gasteiger partial charge in [0.15, 0.2) is 5.92 Å². The largest absolute Gasteiger partial charge is 0.465 e. The maximum Gasteiger partial charge on any atom is 0.325 e. The fourth-order valence-corrected chi connectivity index (χ4v) is 1.50. The molecule has 0 aliphatic rings. The van der Waals surface area contributed by atoms with Crippen LogP contribution < -0.4 is 0 Å². The molecule has 86 valence electrons. The Hall–Kier alpha value is -2.33. The molecule has 0 bridgehead atoms. The minimum Gasteiger partial charge on any atom is -0.465 e. The van der Waals surface area contributed by atoms with E-state index in [9.17, 15) is 4.79 Å². The predicted octanol–water partition coefficient (Wildman–Crippen LogP) is 2.00. The first-order valence-electron chi connectivity index (χ1n) is 5.25. The minimum absolute atomic E-state index is 0.198. The normalized spacial score (nSPS) is 12.9. The number of ether oxygens (including phenoxy) is 1. The fraction of sp³-hybridized carbons (Fsp3) is 0.308. The van der Waals surface area contributed by atoms with Crippen molar-refractivity contribution in [3.8, 4) is 12.1 Å². The Bertz CT molecular complexity index is 457. The maximum atomic E-state index is 11.6. The van der Waals surface area contributed by atoms with Crippen molar-refractivity contribution >= 4 is 5.97 Å². The SMILES string of the molecule is CCOC(=O)[C@H](C#N)[C@@H](C#N)c1ccccc1. The van der Waals surface area contributed by atoms with Gasteiger partial charge in [0.1, 0.15) is 0 Å². The van der Waals surface area contributed by atoms with E-state index < -0.39 is 17.8 Å². The number of benzene rings is 1. The maximum absolute atomic E-state index is 11.6. The molecule has 0 radical (unpaired) electrons. The minimum atomic E-state index is -1.08. The van der Waals surface area contributed by atoms with Gasteiger partial charge in [-0.3, -0.25) is 4.79 Å². The van der Waals surface area contributed by atoms with Crippen LogP contribution in [0.15, 0.2) is 30.3 Å². The van der Waals surface area contributed by atoms with E-state index in [0.29, 0.717) is 5.56 Å². The van der Waals surface area contributed by atoms with Crippen molar-refractivity contribution in [2.75, 3.05) is 6.61 Å². The van der Waals surface area contributed by atoms with E-state index in [4.69, 9.17) is 15.3 Å². The Morgan fingerprint density at radius 2 is 1.94 bits per heavy atom. The van der Waals surface area contributed by atoms with Gasteiger partial charge in [0.05, 0.1) is 24.7 Å². The molecule has 1 aromatic rings. The van der Waals surface area contributed by atoms with Crippen LogP contribution >= 0.6 is 0 Å². The Balaban J connectivity index is 2.98. The number of carbonyl (C=O) groups is 1. The van der Waals surface area contributed by atoms with Crippen LogP contribution in [0.25, 0.3) is 0 Å². The standard InChI is InChI=1S/C13H12N2O2/c1-2-17-13(16)12(9-15)11(8-14)10-6-4-3-5-7-10/h3-7,11-12H,2H2,1H3/t11-,12+/m0/s1. The molecule has 4 heteroatoms. The second-order valence-electron chi connectivity index (χ2n) is 3.38. The van der Waals surface area contributed by atoms with Crippen LogP contribution in [0.1, 0.15) is 18.4 Å². The zero-order chi connectivity index (χ0) is 12.7. The third kappa shape index (κ3) is 3.06. The monoisotopic (exact) mass is 228 g/mol. The highest BCUT2D eigenvalue weighted by molar-refractivity contribution is 5.77. The predicted molar refractivity (Wildman–Crippen MR) is 60.5 cm³/mol. The molecule has 0 N–H and O–H groups in total. The second kappa shape index (κ2) is 6.30. The van der Waals surface area contributed by atoms with Crippen molar-refractivity contribution in [1.29, 1.82) is 10.5 Å². The third-order valence-electron chi connectivity index (χ3n) is 2.31. The molecule has 4 nitrogen and oxygen atoms in total. The van der Waals surface area contributed by atoms with Gasteiger partial charge in [-0.1, -0.05) is 30.3 Å². The molecule has 0 spiro atoms. The van der Waals surface area contributed by atoms with Gasteiger partial charge in [0.2, 0.25) is 0 Å². The number of rotatable bonds is 4. The van der Waals surface area contributed by atoms with Crippen LogP contribution in [0.4, 0.5) is 0 Å². The molecule has 0 fully saturated rings. The highest BCUT2D eigenvalue weighted by atomic mass is 16.5. The van der Waals surface area contributed by atoms with Crippen LogP contribution in [0.5, 0.6) is 0 Å².